The van der Waals surface area contributed by atoms with Crippen molar-refractivity contribution in [3.05, 3.63) is 29.8 Å². The molecule has 1 aromatic carbocycles. The van der Waals surface area contributed by atoms with E-state index in [1.54, 1.807) is 4.90 Å². The van der Waals surface area contributed by atoms with Crippen LogP contribution in [0, 0.1) is 5.92 Å². The minimum Gasteiger partial charge on any atom is -0.399 e. The number of nitrogens with zero attached hydrogens (tertiary/aromatic N) is 1. The van der Waals surface area contributed by atoms with Gasteiger partial charge < -0.3 is 15.7 Å². The summed E-state index contributed by atoms with van der Waals surface area (Å²) in [7, 11) is 0. The number of nitrogen functional groups attached to an aromatic ring is 1. The molecule has 0 aliphatic carbocycles. The maximum absolute atomic E-state index is 12.1. The lowest BCUT2D eigenvalue weighted by Crippen LogP contribution is -2.45. The first kappa shape index (κ1) is 13.9. The summed E-state index contributed by atoms with van der Waals surface area (Å²) in [5.74, 6) is 0.409. The first-order chi connectivity index (χ1) is 9.06. The monoisotopic (exact) mass is 262 g/mol. The summed E-state index contributed by atoms with van der Waals surface area (Å²) in [6.07, 6.45) is 1.67. The zero-order valence-electron chi connectivity index (χ0n) is 11.4. The van der Waals surface area contributed by atoms with E-state index in [1.807, 2.05) is 31.2 Å². The molecule has 0 spiro atoms. The van der Waals surface area contributed by atoms with Gasteiger partial charge in [-0.25, -0.2) is 0 Å². The molecule has 0 radical (unpaired) electrons. The van der Waals surface area contributed by atoms with E-state index in [9.17, 15) is 9.90 Å². The number of aliphatic hydroxyl groups is 1. The number of nitrogens with two attached hydrogens (primary N) is 1. The zero-order valence-corrected chi connectivity index (χ0v) is 11.4. The highest BCUT2D eigenvalue weighted by molar-refractivity contribution is 5.76. The van der Waals surface area contributed by atoms with Gasteiger partial charge in [-0.2, -0.15) is 0 Å². The molecular weight excluding hydrogens is 240 g/mol. The molecule has 104 valence electrons. The molecule has 0 saturated carbocycles. The second-order valence-electron chi connectivity index (χ2n) is 5.42. The third kappa shape index (κ3) is 3.70. The van der Waals surface area contributed by atoms with Gasteiger partial charge in [-0.3, -0.25) is 4.79 Å². The van der Waals surface area contributed by atoms with Crippen LogP contribution in [0.5, 0.6) is 0 Å². The number of aliphatic hydroxyl groups excluding tert-OH is 1. The molecule has 1 aromatic rings. The summed E-state index contributed by atoms with van der Waals surface area (Å²) >= 11 is 0. The number of β-amino-alcohol motifs (C(OH)–C–C–N with tert-alkyl or cyclic N) is 1. The summed E-state index contributed by atoms with van der Waals surface area (Å²) in [4.78, 5) is 13.9. The molecule has 4 heteroatoms. The molecule has 3 N–H and O–H groups in total. The quantitative estimate of drug-likeness (QED) is 0.810. The Labute approximate surface area is 114 Å². The fourth-order valence-electron chi connectivity index (χ4n) is 2.43. The van der Waals surface area contributed by atoms with Crippen LogP contribution in [0.25, 0.3) is 0 Å². The predicted octanol–water partition coefficient (Wildman–Crippen LogP) is 1.43. The van der Waals surface area contributed by atoms with Gasteiger partial charge in [0.25, 0.3) is 0 Å². The molecular formula is C15H22N2O2. The minimum absolute atomic E-state index is 0.119. The van der Waals surface area contributed by atoms with Crippen LogP contribution in [0.4, 0.5) is 5.69 Å². The zero-order chi connectivity index (χ0) is 13.8. The molecule has 1 aliphatic rings. The fraction of sp³-hybridized carbons (Fsp3) is 0.533. The Morgan fingerprint density at radius 1 is 1.53 bits per heavy atom. The molecule has 0 bridgehead atoms. The van der Waals surface area contributed by atoms with Crippen molar-refractivity contribution in [1.82, 2.24) is 4.90 Å². The minimum atomic E-state index is -0.384. The molecule has 0 aromatic heterocycles. The van der Waals surface area contributed by atoms with Gasteiger partial charge in [0.2, 0.25) is 5.91 Å². The molecule has 1 amide bonds. The van der Waals surface area contributed by atoms with Crippen molar-refractivity contribution in [1.29, 1.82) is 0 Å². The summed E-state index contributed by atoms with van der Waals surface area (Å²) in [5, 5.41) is 9.81. The average molecular weight is 262 g/mol. The number of carbonyl (C=O) groups is 1. The first-order valence-electron chi connectivity index (χ1n) is 6.86. The number of likely N-dealkylation sites (tertiary alicyclic amines) is 1. The number of hydrogen-bond donors (Lipinski definition) is 2. The molecule has 1 fully saturated rings. The third-order valence-corrected chi connectivity index (χ3v) is 3.85. The smallest absolute Gasteiger partial charge is 0.222 e. The van der Waals surface area contributed by atoms with Gasteiger partial charge >= 0.3 is 0 Å². The lowest BCUT2D eigenvalue weighted by atomic mass is 9.95. The summed E-state index contributed by atoms with van der Waals surface area (Å²) in [5.41, 5.74) is 7.52. The van der Waals surface area contributed by atoms with Crippen molar-refractivity contribution < 1.29 is 9.90 Å². The highest BCUT2D eigenvalue weighted by Crippen LogP contribution is 2.18. The lowest BCUT2D eigenvalue weighted by molar-refractivity contribution is -0.135. The van der Waals surface area contributed by atoms with Gasteiger partial charge in [-0.1, -0.05) is 19.1 Å². The number of rotatable bonds is 3. The molecule has 1 saturated heterocycles. The fourth-order valence-corrected chi connectivity index (χ4v) is 2.43. The number of aryl methyl sites for hydroxylation is 1. The van der Waals surface area contributed by atoms with Gasteiger partial charge in [-0.15, -0.1) is 0 Å². The topological polar surface area (TPSA) is 66.6 Å². The predicted molar refractivity (Wildman–Crippen MR) is 75.5 cm³/mol. The molecule has 1 aliphatic heterocycles. The summed E-state index contributed by atoms with van der Waals surface area (Å²) < 4.78 is 0. The van der Waals surface area contributed by atoms with E-state index in [-0.39, 0.29) is 17.9 Å². The number of anilines is 1. The molecule has 2 unspecified atom stereocenters. The van der Waals surface area contributed by atoms with Crippen LogP contribution in [0.1, 0.15) is 25.3 Å². The van der Waals surface area contributed by atoms with E-state index in [0.717, 1.165) is 24.2 Å². The van der Waals surface area contributed by atoms with Gasteiger partial charge in [-0.05, 0) is 36.5 Å². The second-order valence-corrected chi connectivity index (χ2v) is 5.42. The Kier molecular flexibility index (Phi) is 4.43. The van der Waals surface area contributed by atoms with E-state index >= 15 is 0 Å². The number of benzene rings is 1. The number of hydrogen-bond acceptors (Lipinski definition) is 3. The SMILES string of the molecule is CC1CCN(C(=O)CCc2cccc(N)c2)CC1O. The lowest BCUT2D eigenvalue weighted by Gasteiger charge is -2.34. The van der Waals surface area contributed by atoms with E-state index in [2.05, 4.69) is 0 Å². The number of amides is 1. The van der Waals surface area contributed by atoms with Crippen molar-refractivity contribution in [3.63, 3.8) is 0 Å². The average Bonchev–Trinajstić information content (AvgIpc) is 2.39. The second kappa shape index (κ2) is 6.06. The van der Waals surface area contributed by atoms with Crippen molar-refractivity contribution in [3.8, 4) is 0 Å². The van der Waals surface area contributed by atoms with Crippen LogP contribution in [0.15, 0.2) is 24.3 Å². The normalized spacial score (nSPS) is 23.4. The van der Waals surface area contributed by atoms with Gasteiger partial charge in [0.05, 0.1) is 6.10 Å². The molecule has 19 heavy (non-hydrogen) atoms. The number of carbonyl (C=O) groups excluding carboxylic acids is 1. The molecule has 4 nitrogen and oxygen atoms in total. The van der Waals surface area contributed by atoms with Gasteiger partial charge in [0, 0.05) is 25.2 Å². The van der Waals surface area contributed by atoms with Crippen molar-refractivity contribution in [2.24, 2.45) is 5.92 Å². The maximum Gasteiger partial charge on any atom is 0.222 e. The summed E-state index contributed by atoms with van der Waals surface area (Å²) in [6.45, 7) is 3.25. The standard InChI is InChI=1S/C15H22N2O2/c1-11-7-8-17(10-14(11)18)15(19)6-5-12-3-2-4-13(16)9-12/h2-4,9,11,14,18H,5-8,10,16H2,1H3. The Hall–Kier alpha value is -1.55. The van der Waals surface area contributed by atoms with Crippen LogP contribution in [0.3, 0.4) is 0 Å². The van der Waals surface area contributed by atoms with Crippen LogP contribution >= 0.6 is 0 Å². The van der Waals surface area contributed by atoms with Gasteiger partial charge in [0.1, 0.15) is 0 Å². The van der Waals surface area contributed by atoms with Crippen LogP contribution < -0.4 is 5.73 Å². The first-order valence-corrected chi connectivity index (χ1v) is 6.86. The Balaban J connectivity index is 1.84. The van der Waals surface area contributed by atoms with Gasteiger partial charge in [0.15, 0.2) is 0 Å². The Morgan fingerprint density at radius 2 is 2.32 bits per heavy atom. The van der Waals surface area contributed by atoms with Crippen LogP contribution in [-0.4, -0.2) is 35.1 Å². The van der Waals surface area contributed by atoms with E-state index in [1.165, 1.54) is 0 Å². The number of piperidine rings is 1. The van der Waals surface area contributed by atoms with Crippen LogP contribution in [0.2, 0.25) is 0 Å². The largest absolute Gasteiger partial charge is 0.399 e. The van der Waals surface area contributed by atoms with Crippen molar-refractivity contribution in [2.75, 3.05) is 18.8 Å². The molecule has 1 heterocycles. The van der Waals surface area contributed by atoms with E-state index in [4.69, 9.17) is 5.73 Å². The van der Waals surface area contributed by atoms with Crippen molar-refractivity contribution >= 4 is 11.6 Å². The Bertz CT molecular complexity index is 448. The van der Waals surface area contributed by atoms with E-state index in [0.29, 0.717) is 19.4 Å². The third-order valence-electron chi connectivity index (χ3n) is 3.85. The molecule has 2 rings (SSSR count). The van der Waals surface area contributed by atoms with E-state index < -0.39 is 0 Å². The van der Waals surface area contributed by atoms with Crippen LogP contribution in [-0.2, 0) is 11.2 Å². The highest BCUT2D eigenvalue weighted by atomic mass is 16.3. The highest BCUT2D eigenvalue weighted by Gasteiger charge is 2.26. The maximum atomic E-state index is 12.1. The summed E-state index contributed by atoms with van der Waals surface area (Å²) in [6, 6.07) is 7.63. The van der Waals surface area contributed by atoms with Crippen molar-refractivity contribution in [2.45, 2.75) is 32.3 Å². The Morgan fingerprint density at radius 3 is 3.00 bits per heavy atom. The molecule has 2 atom stereocenters.